The summed E-state index contributed by atoms with van der Waals surface area (Å²) in [7, 11) is -4.24. The fraction of sp³-hybridized carbons (Fsp3) is 0.355. The van der Waals surface area contributed by atoms with Gasteiger partial charge < -0.3 is 8.97 Å². The fourth-order valence-electron chi connectivity index (χ4n) is 5.46. The molecule has 6 nitrogen and oxygen atoms in total. The molecule has 0 spiro atoms. The largest absolute Gasteiger partial charge is 0.748 e. The van der Waals surface area contributed by atoms with Crippen molar-refractivity contribution in [3.05, 3.63) is 81.2 Å². The maximum absolute atomic E-state index is 12.9. The van der Waals surface area contributed by atoms with Gasteiger partial charge in [-0.25, -0.2) is 13.2 Å². The molecule has 0 fully saturated rings. The number of hydrogen-bond donors (Lipinski definition) is 0. The Morgan fingerprint density at radius 2 is 1.92 bits per heavy atom. The minimum atomic E-state index is -4.24. The zero-order chi connectivity index (χ0) is 26.9. The lowest BCUT2D eigenvalue weighted by Gasteiger charge is -2.15. The highest BCUT2D eigenvalue weighted by Crippen LogP contribution is 2.40. The zero-order valence-electron chi connectivity index (χ0n) is 21.7. The number of rotatable bonds is 7. The van der Waals surface area contributed by atoms with Gasteiger partial charge in [0.1, 0.15) is 12.1 Å². The van der Waals surface area contributed by atoms with Crippen LogP contribution in [0.25, 0.3) is 17.0 Å². The van der Waals surface area contributed by atoms with Crippen molar-refractivity contribution in [2.75, 3.05) is 12.3 Å². The van der Waals surface area contributed by atoms with Crippen LogP contribution in [-0.4, -0.2) is 35.6 Å². The topological polar surface area (TPSA) is 90.4 Å². The summed E-state index contributed by atoms with van der Waals surface area (Å²) in [5, 5.41) is 0.875. The Morgan fingerprint density at radius 3 is 2.74 bits per heavy atom. The van der Waals surface area contributed by atoms with Crippen LogP contribution < -0.4 is 5.63 Å². The Hall–Kier alpha value is -3.47. The van der Waals surface area contributed by atoms with E-state index in [4.69, 9.17) is 4.42 Å². The highest BCUT2D eigenvalue weighted by molar-refractivity contribution is 7.85. The summed E-state index contributed by atoms with van der Waals surface area (Å²) in [5.41, 5.74) is 5.58. The van der Waals surface area contributed by atoms with Crippen LogP contribution in [0.15, 0.2) is 57.8 Å². The van der Waals surface area contributed by atoms with Gasteiger partial charge in [-0.15, -0.1) is 0 Å². The molecule has 0 N–H and O–H groups in total. The van der Waals surface area contributed by atoms with Gasteiger partial charge in [-0.2, -0.15) is 4.58 Å². The van der Waals surface area contributed by atoms with Gasteiger partial charge in [0, 0.05) is 47.3 Å². The maximum atomic E-state index is 12.9. The molecule has 2 aliphatic rings. The summed E-state index contributed by atoms with van der Waals surface area (Å²) in [6, 6.07) is 14.0. The molecule has 2 heterocycles. The molecule has 7 heteroatoms. The number of hydrogen-bond acceptors (Lipinski definition) is 5. The first-order chi connectivity index (χ1) is 18.1. The first-order valence-corrected chi connectivity index (χ1v) is 14.7. The van der Waals surface area contributed by atoms with Crippen LogP contribution in [0.4, 0.5) is 5.69 Å². The third-order valence-electron chi connectivity index (χ3n) is 7.45. The van der Waals surface area contributed by atoms with Crippen LogP contribution in [0, 0.1) is 11.8 Å². The summed E-state index contributed by atoms with van der Waals surface area (Å²) >= 11 is 0. The molecule has 1 aliphatic heterocycles. The van der Waals surface area contributed by atoms with Gasteiger partial charge in [0.05, 0.1) is 21.1 Å². The Kier molecular flexibility index (Phi) is 7.13. The number of benzene rings is 2. The van der Waals surface area contributed by atoms with Gasteiger partial charge >= 0.3 is 5.63 Å². The van der Waals surface area contributed by atoms with Crippen LogP contribution in [-0.2, 0) is 22.0 Å². The summed E-state index contributed by atoms with van der Waals surface area (Å²) in [6.45, 7) is 4.83. The van der Waals surface area contributed by atoms with Crippen molar-refractivity contribution in [2.24, 2.45) is 0 Å². The van der Waals surface area contributed by atoms with Crippen molar-refractivity contribution in [1.82, 2.24) is 0 Å². The normalized spacial score (nSPS) is 16.6. The van der Waals surface area contributed by atoms with E-state index in [9.17, 15) is 17.8 Å². The molecule has 196 valence electrons. The van der Waals surface area contributed by atoms with E-state index in [1.165, 1.54) is 5.56 Å². The van der Waals surface area contributed by atoms with Gasteiger partial charge in [0.25, 0.3) is 0 Å². The molecule has 0 unspecified atom stereocenters. The molecule has 38 heavy (non-hydrogen) atoms. The molecular weight excluding hydrogens is 498 g/mol. The van der Waals surface area contributed by atoms with Crippen LogP contribution in [0.2, 0.25) is 0 Å². The highest BCUT2D eigenvalue weighted by atomic mass is 32.2. The number of fused-ring (bicyclic) bond motifs is 3. The summed E-state index contributed by atoms with van der Waals surface area (Å²) < 4.78 is 41.1. The van der Waals surface area contributed by atoms with E-state index < -0.39 is 15.7 Å². The molecule has 1 aromatic heterocycles. The molecule has 0 amide bonds. The smallest absolute Gasteiger partial charge is 0.343 e. The van der Waals surface area contributed by atoms with Crippen LogP contribution in [0.1, 0.15) is 68.2 Å². The Bertz CT molecular complexity index is 1700. The average Bonchev–Trinajstić information content (AvgIpc) is 3.06. The van der Waals surface area contributed by atoms with Crippen molar-refractivity contribution in [3.8, 4) is 11.8 Å². The zero-order valence-corrected chi connectivity index (χ0v) is 22.6. The second-order valence-electron chi connectivity index (χ2n) is 10.5. The number of unbranched alkanes of at least 4 members (excludes halogenated alkanes) is 1. The van der Waals surface area contributed by atoms with Gasteiger partial charge in [-0.1, -0.05) is 30.0 Å². The first kappa shape index (κ1) is 26.1. The molecule has 0 radical (unpaired) electrons. The maximum Gasteiger partial charge on any atom is 0.343 e. The molecule has 5 rings (SSSR count). The third kappa shape index (κ3) is 5.38. The lowest BCUT2D eigenvalue weighted by atomic mass is 9.81. The molecule has 0 atom stereocenters. The molecule has 2 aromatic carbocycles. The highest BCUT2D eigenvalue weighted by Gasteiger charge is 2.43. The second-order valence-corrected chi connectivity index (χ2v) is 12.1. The van der Waals surface area contributed by atoms with E-state index in [0.717, 1.165) is 53.6 Å². The monoisotopic (exact) mass is 529 g/mol. The minimum Gasteiger partial charge on any atom is -0.748 e. The van der Waals surface area contributed by atoms with Crippen molar-refractivity contribution < 1.29 is 22.0 Å². The number of aryl methyl sites for hydroxylation is 1. The van der Waals surface area contributed by atoms with E-state index in [1.807, 2.05) is 36.4 Å². The lowest BCUT2D eigenvalue weighted by Crippen LogP contribution is -2.28. The lowest BCUT2D eigenvalue weighted by molar-refractivity contribution is -0.438. The predicted molar refractivity (Wildman–Crippen MR) is 149 cm³/mol. The average molecular weight is 530 g/mol. The first-order valence-electron chi connectivity index (χ1n) is 13.1. The summed E-state index contributed by atoms with van der Waals surface area (Å²) in [5.74, 6) is 6.05. The van der Waals surface area contributed by atoms with Gasteiger partial charge in [-0.3, -0.25) is 0 Å². The number of nitrogens with zero attached hydrogens (tertiary/aromatic N) is 1. The standard InChI is InChI=1S/C31H31NO5S/c1-31(2)26-13-7-8-14-27(26)32(17-9-10-18-38(34,35)36)29(31)16-15-24-20-25-19-22-11-5-3-4-6-12-23(22)21-28(25)37-30(24)33/h7-8,13-16,19-21H,3-5,9-11,17-18H2,1-2H3/b16-15+. The molecule has 3 aromatic rings. The van der Waals surface area contributed by atoms with Crippen molar-refractivity contribution in [2.45, 2.75) is 57.8 Å². The molecule has 0 saturated heterocycles. The quantitative estimate of drug-likeness (QED) is 0.136. The Labute approximate surface area is 223 Å². The second kappa shape index (κ2) is 10.4. The summed E-state index contributed by atoms with van der Waals surface area (Å²) in [4.78, 5) is 12.9. The van der Waals surface area contributed by atoms with Crippen molar-refractivity contribution >= 4 is 38.6 Å². The summed E-state index contributed by atoms with van der Waals surface area (Å²) in [6.07, 6.45) is 8.63. The minimum absolute atomic E-state index is 0.297. The van der Waals surface area contributed by atoms with Crippen molar-refractivity contribution in [1.29, 1.82) is 0 Å². The Balaban J connectivity index is 1.51. The molecular formula is C31H31NO5S. The molecule has 0 saturated carbocycles. The Morgan fingerprint density at radius 1 is 1.11 bits per heavy atom. The van der Waals surface area contributed by atoms with E-state index in [-0.39, 0.29) is 11.2 Å². The van der Waals surface area contributed by atoms with Crippen molar-refractivity contribution in [3.63, 3.8) is 0 Å². The van der Waals surface area contributed by atoms with E-state index >= 15 is 0 Å². The third-order valence-corrected chi connectivity index (χ3v) is 8.24. The van der Waals surface area contributed by atoms with E-state index in [2.05, 4.69) is 42.4 Å². The molecule has 0 bridgehead atoms. The fourth-order valence-corrected chi connectivity index (χ4v) is 6.01. The van der Waals surface area contributed by atoms with E-state index in [1.54, 1.807) is 6.08 Å². The van der Waals surface area contributed by atoms with Gasteiger partial charge in [0.2, 0.25) is 5.69 Å². The molecule has 1 aliphatic carbocycles. The van der Waals surface area contributed by atoms with Crippen LogP contribution in [0.3, 0.4) is 0 Å². The van der Waals surface area contributed by atoms with Gasteiger partial charge in [0.15, 0.2) is 5.71 Å². The van der Waals surface area contributed by atoms with Crippen LogP contribution >= 0.6 is 0 Å². The van der Waals surface area contributed by atoms with Crippen LogP contribution in [0.5, 0.6) is 0 Å². The SMILES string of the molecule is CC1(C)C(/C=C/c2cc3cc4c(cc3oc2=O)C#CCCCC4)=[N+](CCCCS(=O)(=O)[O-])c2ccccc21. The number of allylic oxidation sites excluding steroid dienone is 1. The number of para-hydroxylation sites is 1. The van der Waals surface area contributed by atoms with E-state index in [0.29, 0.717) is 30.5 Å². The van der Waals surface area contributed by atoms with Gasteiger partial charge in [-0.05, 0) is 69.4 Å². The predicted octanol–water partition coefficient (Wildman–Crippen LogP) is 5.29.